The van der Waals surface area contributed by atoms with Gasteiger partial charge in [-0.15, -0.1) is 11.3 Å². The fraction of sp³-hybridized carbons (Fsp3) is 0. The Hall–Kier alpha value is -7.44. The van der Waals surface area contributed by atoms with Gasteiger partial charge >= 0.3 is 0 Å². The lowest BCUT2D eigenvalue weighted by atomic mass is 9.98. The maximum atomic E-state index is 9.77. The molecule has 0 radical (unpaired) electrons. The Morgan fingerprint density at radius 2 is 0.855 bits per heavy atom. The SMILES string of the molecule is [C-]#[N+]c1ccc2c(c1)c1cc(-c3ccc4sc5ccc(-c6ccc7c(c6)c6cc(C#N)ccc6n7-c6ccccc6)cc5c4c3)ccc1n2-c1ccccc1. The number of rotatable bonds is 4. The maximum Gasteiger partial charge on any atom is 0.188 e. The van der Waals surface area contributed by atoms with E-state index in [1.165, 1.54) is 20.2 Å². The zero-order valence-corrected chi connectivity index (χ0v) is 30.2. The van der Waals surface area contributed by atoms with Crippen LogP contribution in [-0.2, 0) is 0 Å². The van der Waals surface area contributed by atoms with Crippen LogP contribution in [0.4, 0.5) is 5.69 Å². The number of aromatic nitrogens is 2. The lowest BCUT2D eigenvalue weighted by Gasteiger charge is -2.08. The summed E-state index contributed by atoms with van der Waals surface area (Å²) < 4.78 is 7.08. The highest BCUT2D eigenvalue weighted by Crippen LogP contribution is 2.42. The van der Waals surface area contributed by atoms with Crippen LogP contribution in [0.15, 0.2) is 170 Å². The van der Waals surface area contributed by atoms with Crippen LogP contribution in [-0.4, -0.2) is 9.13 Å². The summed E-state index contributed by atoms with van der Waals surface area (Å²) in [5.41, 5.74) is 12.5. The predicted octanol–water partition coefficient (Wildman–Crippen LogP) is 14.0. The smallest absolute Gasteiger partial charge is 0.188 e. The van der Waals surface area contributed by atoms with E-state index in [9.17, 15) is 5.26 Å². The first-order valence-corrected chi connectivity index (χ1v) is 19.0. The highest BCUT2D eigenvalue weighted by molar-refractivity contribution is 7.25. The molecule has 0 aliphatic carbocycles. The molecule has 0 spiro atoms. The Kier molecular flexibility index (Phi) is 6.82. The summed E-state index contributed by atoms with van der Waals surface area (Å²) >= 11 is 1.82. The van der Waals surface area contributed by atoms with Gasteiger partial charge in [-0.1, -0.05) is 66.7 Å². The van der Waals surface area contributed by atoms with Crippen LogP contribution in [0.25, 0.3) is 102 Å². The number of para-hydroxylation sites is 2. The van der Waals surface area contributed by atoms with E-state index in [-0.39, 0.29) is 0 Å². The Labute approximate surface area is 320 Å². The van der Waals surface area contributed by atoms with Crippen molar-refractivity contribution in [1.29, 1.82) is 5.26 Å². The second kappa shape index (κ2) is 12.0. The molecule has 0 N–H and O–H groups in total. The lowest BCUT2D eigenvalue weighted by Crippen LogP contribution is -1.93. The van der Waals surface area contributed by atoms with Gasteiger partial charge in [0.1, 0.15) is 0 Å². The van der Waals surface area contributed by atoms with Crippen molar-refractivity contribution >= 4 is 80.8 Å². The average molecular weight is 717 g/mol. The molecule has 4 nitrogen and oxygen atoms in total. The van der Waals surface area contributed by atoms with Gasteiger partial charge in [0, 0.05) is 47.7 Å². The number of thiophene rings is 1. The van der Waals surface area contributed by atoms with Crippen molar-refractivity contribution < 1.29 is 0 Å². The third kappa shape index (κ3) is 4.82. The molecule has 3 heterocycles. The van der Waals surface area contributed by atoms with Crippen molar-refractivity contribution in [2.24, 2.45) is 0 Å². The van der Waals surface area contributed by atoms with E-state index in [2.05, 4.69) is 154 Å². The largest absolute Gasteiger partial charge is 0.309 e. The lowest BCUT2D eigenvalue weighted by molar-refractivity contribution is 1.18. The minimum absolute atomic E-state index is 0.639. The molecule has 254 valence electrons. The summed E-state index contributed by atoms with van der Waals surface area (Å²) in [6.07, 6.45) is 0. The molecule has 0 saturated heterocycles. The number of benzene rings is 8. The van der Waals surface area contributed by atoms with Gasteiger partial charge in [-0.3, -0.25) is 0 Å². The summed E-state index contributed by atoms with van der Waals surface area (Å²) in [5, 5.41) is 16.6. The van der Waals surface area contributed by atoms with Gasteiger partial charge in [-0.25, -0.2) is 4.85 Å². The molecule has 5 heteroatoms. The van der Waals surface area contributed by atoms with Crippen LogP contribution in [0, 0.1) is 17.9 Å². The minimum Gasteiger partial charge on any atom is -0.309 e. The molecule has 0 amide bonds. The Balaban J connectivity index is 1.06. The second-order valence-corrected chi connectivity index (χ2v) is 15.1. The molecule has 11 rings (SSSR count). The number of fused-ring (bicyclic) bond motifs is 9. The summed E-state index contributed by atoms with van der Waals surface area (Å²) in [4.78, 5) is 3.75. The third-order valence-corrected chi connectivity index (χ3v) is 12.1. The fourth-order valence-corrected chi connectivity index (χ4v) is 9.45. The zero-order chi connectivity index (χ0) is 36.6. The van der Waals surface area contributed by atoms with Crippen molar-refractivity contribution in [2.45, 2.75) is 0 Å². The van der Waals surface area contributed by atoms with E-state index in [1.54, 1.807) is 0 Å². The molecule has 55 heavy (non-hydrogen) atoms. The maximum absolute atomic E-state index is 9.77. The number of hydrogen-bond donors (Lipinski definition) is 0. The number of nitriles is 1. The van der Waals surface area contributed by atoms with Gasteiger partial charge in [-0.2, -0.15) is 5.26 Å². The highest BCUT2D eigenvalue weighted by atomic mass is 32.1. The first kappa shape index (κ1) is 31.1. The molecule has 0 unspecified atom stereocenters. The Morgan fingerprint density at radius 1 is 0.436 bits per heavy atom. The molecule has 0 atom stereocenters. The van der Waals surface area contributed by atoms with Crippen LogP contribution >= 0.6 is 11.3 Å². The van der Waals surface area contributed by atoms with Crippen LogP contribution < -0.4 is 0 Å². The summed E-state index contributed by atoms with van der Waals surface area (Å²) in [5.74, 6) is 0. The van der Waals surface area contributed by atoms with Gasteiger partial charge in [0.2, 0.25) is 0 Å². The van der Waals surface area contributed by atoms with Crippen molar-refractivity contribution in [3.05, 3.63) is 187 Å². The molecule has 0 fully saturated rings. The summed E-state index contributed by atoms with van der Waals surface area (Å²) in [6, 6.07) is 62.2. The van der Waals surface area contributed by atoms with Gasteiger partial charge in [0.15, 0.2) is 5.69 Å². The second-order valence-electron chi connectivity index (χ2n) is 14.0. The normalized spacial score (nSPS) is 11.6. The zero-order valence-electron chi connectivity index (χ0n) is 29.4. The first-order valence-electron chi connectivity index (χ1n) is 18.2. The average Bonchev–Trinajstić information content (AvgIpc) is 3.90. The molecule has 8 aromatic carbocycles. The van der Waals surface area contributed by atoms with Crippen LogP contribution in [0.5, 0.6) is 0 Å². The Bertz CT molecular complexity index is 3210. The van der Waals surface area contributed by atoms with Crippen LogP contribution in [0.3, 0.4) is 0 Å². The van der Waals surface area contributed by atoms with Gasteiger partial charge < -0.3 is 9.13 Å². The van der Waals surface area contributed by atoms with Gasteiger partial charge in [0.25, 0.3) is 0 Å². The molecular weight excluding hydrogens is 689 g/mol. The van der Waals surface area contributed by atoms with Crippen molar-refractivity contribution in [2.75, 3.05) is 0 Å². The predicted molar refractivity (Wildman–Crippen MR) is 230 cm³/mol. The van der Waals surface area contributed by atoms with Gasteiger partial charge in [-0.05, 0) is 131 Å². The highest BCUT2D eigenvalue weighted by Gasteiger charge is 2.17. The first-order chi connectivity index (χ1) is 27.1. The monoisotopic (exact) mass is 716 g/mol. The molecule has 11 aromatic rings. The van der Waals surface area contributed by atoms with Crippen molar-refractivity contribution in [3.63, 3.8) is 0 Å². The topological polar surface area (TPSA) is 38.0 Å². The van der Waals surface area contributed by atoms with E-state index in [4.69, 9.17) is 6.57 Å². The number of hydrogen-bond acceptors (Lipinski definition) is 2. The summed E-state index contributed by atoms with van der Waals surface area (Å²) in [6.45, 7) is 7.70. The van der Waals surface area contributed by atoms with E-state index >= 15 is 0 Å². The Morgan fingerprint density at radius 3 is 1.35 bits per heavy atom. The van der Waals surface area contributed by atoms with E-state index in [1.807, 2.05) is 47.7 Å². The molecule has 0 saturated carbocycles. The quantitative estimate of drug-likeness (QED) is 0.167. The molecule has 0 aliphatic rings. The van der Waals surface area contributed by atoms with Crippen molar-refractivity contribution in [1.82, 2.24) is 9.13 Å². The standard InChI is InChI=1S/C50H28N4S/c1-52-36-17-21-48-42(29-36)41-26-33(14-20-47(41)54(48)38-10-6-3-7-11-38)35-16-23-50-44(28-35)43-27-34(15-22-49(43)55-50)32-13-19-46-40(25-32)39-24-31(30-51)12-18-45(39)53(46)37-8-4-2-5-9-37/h2-29H. The van der Waals surface area contributed by atoms with E-state index in [0.717, 1.165) is 77.2 Å². The van der Waals surface area contributed by atoms with Crippen LogP contribution in [0.2, 0.25) is 0 Å². The molecule has 0 aliphatic heterocycles. The van der Waals surface area contributed by atoms with Gasteiger partial charge in [0.05, 0.1) is 40.3 Å². The minimum atomic E-state index is 0.639. The molecule has 0 bridgehead atoms. The number of nitrogens with zero attached hydrogens (tertiary/aromatic N) is 4. The molecular formula is C50H28N4S. The van der Waals surface area contributed by atoms with Crippen LogP contribution in [0.1, 0.15) is 5.56 Å². The van der Waals surface area contributed by atoms with E-state index in [0.29, 0.717) is 11.3 Å². The molecule has 3 aromatic heterocycles. The van der Waals surface area contributed by atoms with Crippen molar-refractivity contribution in [3.8, 4) is 39.7 Å². The third-order valence-electron chi connectivity index (χ3n) is 10.9. The van der Waals surface area contributed by atoms with E-state index < -0.39 is 0 Å². The fourth-order valence-electron chi connectivity index (χ4n) is 8.38. The summed E-state index contributed by atoms with van der Waals surface area (Å²) in [7, 11) is 0.